The first kappa shape index (κ1) is 17.5. The van der Waals surface area contributed by atoms with Gasteiger partial charge in [0.1, 0.15) is 0 Å². The lowest BCUT2D eigenvalue weighted by atomic mass is 9.91. The molecule has 3 atom stereocenters. The Bertz CT molecular complexity index is 522. The maximum Gasteiger partial charge on any atom is 0.321 e. The summed E-state index contributed by atoms with van der Waals surface area (Å²) in [5.74, 6) is 0.929. The smallest absolute Gasteiger partial charge is 0.321 e. The van der Waals surface area contributed by atoms with E-state index in [1.807, 2.05) is 37.3 Å². The van der Waals surface area contributed by atoms with E-state index in [2.05, 4.69) is 29.4 Å². The van der Waals surface area contributed by atoms with Crippen molar-refractivity contribution in [1.82, 2.24) is 15.5 Å². The van der Waals surface area contributed by atoms with E-state index in [0.29, 0.717) is 18.4 Å². The molecule has 2 N–H and O–H groups in total. The molecule has 3 unspecified atom stereocenters. The van der Waals surface area contributed by atoms with Crippen LogP contribution in [0.4, 0.5) is 4.79 Å². The zero-order valence-electron chi connectivity index (χ0n) is 14.2. The lowest BCUT2D eigenvalue weighted by Crippen LogP contribution is -2.53. The minimum atomic E-state index is -0.441. The molecule has 0 spiro atoms. The van der Waals surface area contributed by atoms with Gasteiger partial charge in [-0.05, 0) is 30.7 Å². The number of nitrogens with zero attached hydrogens (tertiary/aromatic N) is 1. The minimum Gasteiger partial charge on any atom is -0.334 e. The van der Waals surface area contributed by atoms with Crippen molar-refractivity contribution in [3.63, 3.8) is 0 Å². The number of piperidine rings is 1. The van der Waals surface area contributed by atoms with Gasteiger partial charge >= 0.3 is 6.03 Å². The predicted octanol–water partition coefficient (Wildman–Crippen LogP) is 2.38. The van der Waals surface area contributed by atoms with Crippen molar-refractivity contribution < 1.29 is 9.59 Å². The highest BCUT2D eigenvalue weighted by atomic mass is 16.2. The van der Waals surface area contributed by atoms with Crippen LogP contribution in [-0.2, 0) is 11.3 Å². The minimum absolute atomic E-state index is 0.239. The molecule has 1 heterocycles. The largest absolute Gasteiger partial charge is 0.334 e. The number of benzene rings is 1. The molecule has 0 aliphatic carbocycles. The first-order valence-corrected chi connectivity index (χ1v) is 8.32. The Morgan fingerprint density at radius 1 is 1.17 bits per heavy atom. The summed E-state index contributed by atoms with van der Waals surface area (Å²) < 4.78 is 0. The third-order valence-electron chi connectivity index (χ3n) is 4.36. The Morgan fingerprint density at radius 2 is 1.78 bits per heavy atom. The molecule has 126 valence electrons. The Kier molecular flexibility index (Phi) is 6.16. The number of carbonyl (C=O) groups excluding carboxylic acids is 2. The molecule has 3 amide bonds. The summed E-state index contributed by atoms with van der Waals surface area (Å²) in [5.41, 5.74) is 1.00. The van der Waals surface area contributed by atoms with Crippen molar-refractivity contribution >= 4 is 11.9 Å². The van der Waals surface area contributed by atoms with E-state index < -0.39 is 6.03 Å². The van der Waals surface area contributed by atoms with Crippen molar-refractivity contribution in [2.24, 2.45) is 11.8 Å². The van der Waals surface area contributed by atoms with Crippen molar-refractivity contribution in [2.45, 2.75) is 39.8 Å². The SMILES string of the molecule is CC1CC(C)CN(C(C)C(=O)NC(=O)NCc2ccccc2)C1. The van der Waals surface area contributed by atoms with Gasteiger partial charge < -0.3 is 5.32 Å². The summed E-state index contributed by atoms with van der Waals surface area (Å²) in [4.78, 5) is 26.3. The first-order chi connectivity index (χ1) is 11.0. The number of hydrogen-bond acceptors (Lipinski definition) is 3. The summed E-state index contributed by atoms with van der Waals surface area (Å²) in [6.07, 6.45) is 1.20. The number of hydrogen-bond donors (Lipinski definition) is 2. The summed E-state index contributed by atoms with van der Waals surface area (Å²) in [7, 11) is 0. The van der Waals surface area contributed by atoms with E-state index in [1.54, 1.807) is 0 Å². The van der Waals surface area contributed by atoms with Gasteiger partial charge in [-0.15, -0.1) is 0 Å². The fourth-order valence-corrected chi connectivity index (χ4v) is 3.23. The molecule has 1 aliphatic rings. The number of imide groups is 1. The van der Waals surface area contributed by atoms with Crippen LogP contribution in [0, 0.1) is 11.8 Å². The van der Waals surface area contributed by atoms with Gasteiger partial charge in [-0.2, -0.15) is 0 Å². The summed E-state index contributed by atoms with van der Waals surface area (Å²) in [5, 5.41) is 5.16. The van der Waals surface area contributed by atoms with Crippen LogP contribution < -0.4 is 10.6 Å². The van der Waals surface area contributed by atoms with E-state index in [1.165, 1.54) is 6.42 Å². The molecule has 2 rings (SSSR count). The Morgan fingerprint density at radius 3 is 2.39 bits per heavy atom. The highest BCUT2D eigenvalue weighted by molar-refractivity contribution is 5.96. The first-order valence-electron chi connectivity index (χ1n) is 8.32. The molecule has 5 heteroatoms. The van der Waals surface area contributed by atoms with Crippen molar-refractivity contribution in [3.8, 4) is 0 Å². The molecule has 0 radical (unpaired) electrons. The number of amides is 3. The highest BCUT2D eigenvalue weighted by Gasteiger charge is 2.29. The normalized spacial score (nSPS) is 23.1. The van der Waals surface area contributed by atoms with Gasteiger partial charge in [0.15, 0.2) is 0 Å². The average molecular weight is 317 g/mol. The molecule has 0 aromatic heterocycles. The van der Waals surface area contributed by atoms with Crippen LogP contribution in [0.2, 0.25) is 0 Å². The predicted molar refractivity (Wildman–Crippen MR) is 90.8 cm³/mol. The third-order valence-corrected chi connectivity index (χ3v) is 4.36. The van der Waals surface area contributed by atoms with Crippen molar-refractivity contribution in [2.75, 3.05) is 13.1 Å². The van der Waals surface area contributed by atoms with Gasteiger partial charge in [0.05, 0.1) is 6.04 Å². The van der Waals surface area contributed by atoms with E-state index in [-0.39, 0.29) is 11.9 Å². The topological polar surface area (TPSA) is 61.4 Å². The average Bonchev–Trinajstić information content (AvgIpc) is 2.52. The molecule has 1 fully saturated rings. The maximum absolute atomic E-state index is 12.3. The highest BCUT2D eigenvalue weighted by Crippen LogP contribution is 2.22. The Labute approximate surface area is 138 Å². The second-order valence-corrected chi connectivity index (χ2v) is 6.73. The molecule has 5 nitrogen and oxygen atoms in total. The van der Waals surface area contributed by atoms with Crippen LogP contribution >= 0.6 is 0 Å². The summed E-state index contributed by atoms with van der Waals surface area (Å²) in [6, 6.07) is 8.89. The second-order valence-electron chi connectivity index (χ2n) is 6.73. The molecule has 1 saturated heterocycles. The van der Waals surface area contributed by atoms with E-state index in [4.69, 9.17) is 0 Å². The lowest BCUT2D eigenvalue weighted by Gasteiger charge is -2.37. The summed E-state index contributed by atoms with van der Waals surface area (Å²) in [6.45, 7) is 8.51. The molecular formula is C18H27N3O2. The number of urea groups is 1. The fourth-order valence-electron chi connectivity index (χ4n) is 3.23. The third kappa shape index (κ3) is 5.36. The van der Waals surface area contributed by atoms with Gasteiger partial charge in [0, 0.05) is 19.6 Å². The zero-order chi connectivity index (χ0) is 16.8. The molecule has 1 aromatic carbocycles. The van der Waals surface area contributed by atoms with Crippen LogP contribution in [0.15, 0.2) is 30.3 Å². The lowest BCUT2D eigenvalue weighted by molar-refractivity contribution is -0.125. The number of likely N-dealkylation sites (tertiary alicyclic amines) is 1. The van der Waals surface area contributed by atoms with Crippen LogP contribution in [0.25, 0.3) is 0 Å². The van der Waals surface area contributed by atoms with Crippen LogP contribution in [0.1, 0.15) is 32.8 Å². The fraction of sp³-hybridized carbons (Fsp3) is 0.556. The van der Waals surface area contributed by atoms with E-state index in [9.17, 15) is 9.59 Å². The maximum atomic E-state index is 12.3. The summed E-state index contributed by atoms with van der Waals surface area (Å²) >= 11 is 0. The molecule has 23 heavy (non-hydrogen) atoms. The number of carbonyl (C=O) groups is 2. The van der Waals surface area contributed by atoms with Crippen molar-refractivity contribution in [3.05, 3.63) is 35.9 Å². The molecule has 1 aromatic rings. The second kappa shape index (κ2) is 8.11. The van der Waals surface area contributed by atoms with E-state index >= 15 is 0 Å². The molecule has 0 saturated carbocycles. The van der Waals surface area contributed by atoms with Gasteiger partial charge in [0.25, 0.3) is 0 Å². The standard InChI is InChI=1S/C18H27N3O2/c1-13-9-14(2)12-21(11-13)15(3)17(22)20-18(23)19-10-16-7-5-4-6-8-16/h4-8,13-15H,9-12H2,1-3H3,(H2,19,20,22,23). The van der Waals surface area contributed by atoms with Crippen LogP contribution in [0.5, 0.6) is 0 Å². The number of rotatable bonds is 4. The van der Waals surface area contributed by atoms with E-state index in [0.717, 1.165) is 18.7 Å². The van der Waals surface area contributed by atoms with Gasteiger partial charge in [0.2, 0.25) is 5.91 Å². The van der Waals surface area contributed by atoms with Gasteiger partial charge in [-0.3, -0.25) is 15.0 Å². The molecular weight excluding hydrogens is 290 g/mol. The van der Waals surface area contributed by atoms with Gasteiger partial charge in [-0.1, -0.05) is 44.2 Å². The van der Waals surface area contributed by atoms with Crippen LogP contribution in [0.3, 0.4) is 0 Å². The van der Waals surface area contributed by atoms with Gasteiger partial charge in [-0.25, -0.2) is 4.79 Å². The molecule has 1 aliphatic heterocycles. The Balaban J connectivity index is 1.79. The Hall–Kier alpha value is -1.88. The van der Waals surface area contributed by atoms with Crippen LogP contribution in [-0.4, -0.2) is 36.0 Å². The molecule has 0 bridgehead atoms. The monoisotopic (exact) mass is 317 g/mol. The quantitative estimate of drug-likeness (QED) is 0.896. The zero-order valence-corrected chi connectivity index (χ0v) is 14.2. The number of nitrogens with one attached hydrogen (secondary N) is 2. The van der Waals surface area contributed by atoms with Crippen molar-refractivity contribution in [1.29, 1.82) is 0 Å².